The summed E-state index contributed by atoms with van der Waals surface area (Å²) in [7, 11) is 0. The zero-order valence-corrected chi connectivity index (χ0v) is 15.5. The minimum atomic E-state index is -0.379. The summed E-state index contributed by atoms with van der Waals surface area (Å²) in [6, 6.07) is 4.58. The van der Waals surface area contributed by atoms with Gasteiger partial charge in [-0.1, -0.05) is 5.21 Å². The molecule has 24 heavy (non-hydrogen) atoms. The summed E-state index contributed by atoms with van der Waals surface area (Å²) in [5.41, 5.74) is 1.54. The largest absolute Gasteiger partial charge is 0.320 e. The average Bonchev–Trinajstić information content (AvgIpc) is 2.93. The molecule has 1 aromatic carbocycles. The number of benzene rings is 1. The third-order valence-corrected chi connectivity index (χ3v) is 4.58. The molecular formula is C15H18BrClFN5O. The van der Waals surface area contributed by atoms with Gasteiger partial charge in [0.2, 0.25) is 0 Å². The first-order valence-corrected chi connectivity index (χ1v) is 8.24. The number of rotatable bonds is 3. The Balaban J connectivity index is 0.00000208. The topological polar surface area (TPSA) is 71.8 Å². The van der Waals surface area contributed by atoms with E-state index in [2.05, 4.69) is 36.9 Å². The second-order valence-corrected chi connectivity index (χ2v) is 6.39. The van der Waals surface area contributed by atoms with E-state index in [-0.39, 0.29) is 30.2 Å². The smallest absolute Gasteiger partial charge is 0.278 e. The van der Waals surface area contributed by atoms with Crippen LogP contribution in [0.1, 0.15) is 35.1 Å². The minimum Gasteiger partial charge on any atom is -0.320 e. The molecule has 9 heteroatoms. The van der Waals surface area contributed by atoms with Crippen LogP contribution in [0.15, 0.2) is 22.7 Å². The first-order chi connectivity index (χ1) is 11.1. The summed E-state index contributed by atoms with van der Waals surface area (Å²) in [5.74, 6) is -0.725. The number of halogens is 3. The van der Waals surface area contributed by atoms with Crippen molar-refractivity contribution in [3.8, 4) is 0 Å². The van der Waals surface area contributed by atoms with E-state index < -0.39 is 0 Å². The van der Waals surface area contributed by atoms with E-state index in [4.69, 9.17) is 0 Å². The highest BCUT2D eigenvalue weighted by molar-refractivity contribution is 9.10. The fourth-order valence-corrected chi connectivity index (χ4v) is 3.09. The van der Waals surface area contributed by atoms with Gasteiger partial charge in [0.25, 0.3) is 5.91 Å². The van der Waals surface area contributed by atoms with Gasteiger partial charge in [0, 0.05) is 5.69 Å². The Morgan fingerprint density at radius 1 is 1.42 bits per heavy atom. The number of carbonyl (C=O) groups excluding carboxylic acids is 1. The van der Waals surface area contributed by atoms with E-state index in [1.165, 1.54) is 18.2 Å². The monoisotopic (exact) mass is 417 g/mol. The summed E-state index contributed by atoms with van der Waals surface area (Å²) >= 11 is 3.10. The van der Waals surface area contributed by atoms with Crippen molar-refractivity contribution in [2.75, 3.05) is 18.4 Å². The Hall–Kier alpha value is -1.51. The quantitative estimate of drug-likeness (QED) is 0.803. The predicted molar refractivity (Wildman–Crippen MR) is 95.2 cm³/mol. The lowest BCUT2D eigenvalue weighted by Crippen LogP contribution is -2.30. The lowest BCUT2D eigenvalue weighted by molar-refractivity contribution is 0.102. The molecule has 2 aromatic rings. The standard InChI is InChI=1S/C15H17BrFN5O.ClH/c1-9-14(20-21-22(9)11-4-6-18-7-5-11)15(23)19-10-2-3-13(17)12(16)8-10;/h2-3,8,11,18H,4-7H2,1H3,(H,19,23);1H. The Bertz CT molecular complexity index is 733. The number of amides is 1. The molecule has 0 saturated carbocycles. The number of hydrogen-bond donors (Lipinski definition) is 2. The number of anilines is 1. The molecule has 0 aliphatic carbocycles. The highest BCUT2D eigenvalue weighted by Crippen LogP contribution is 2.22. The van der Waals surface area contributed by atoms with Crippen molar-refractivity contribution in [3.05, 3.63) is 39.9 Å². The summed E-state index contributed by atoms with van der Waals surface area (Å²) in [6.07, 6.45) is 1.94. The lowest BCUT2D eigenvalue weighted by atomic mass is 10.1. The van der Waals surface area contributed by atoms with Gasteiger partial charge < -0.3 is 10.6 Å². The van der Waals surface area contributed by atoms with Crippen LogP contribution in [0.3, 0.4) is 0 Å². The highest BCUT2D eigenvalue weighted by Gasteiger charge is 2.23. The maximum atomic E-state index is 13.2. The fourth-order valence-electron chi connectivity index (χ4n) is 2.71. The van der Waals surface area contributed by atoms with Gasteiger partial charge in [-0.2, -0.15) is 0 Å². The van der Waals surface area contributed by atoms with E-state index in [9.17, 15) is 9.18 Å². The van der Waals surface area contributed by atoms with Gasteiger partial charge in [0.05, 0.1) is 16.2 Å². The molecular weight excluding hydrogens is 401 g/mol. The summed E-state index contributed by atoms with van der Waals surface area (Å²) < 4.78 is 15.4. The Labute approximate surface area is 153 Å². The summed E-state index contributed by atoms with van der Waals surface area (Å²) in [6.45, 7) is 3.72. The Morgan fingerprint density at radius 3 is 2.79 bits per heavy atom. The molecule has 2 N–H and O–H groups in total. The molecule has 1 aliphatic rings. The number of hydrogen-bond acceptors (Lipinski definition) is 4. The van der Waals surface area contributed by atoms with Gasteiger partial charge in [-0.05, 0) is 67.0 Å². The van der Waals surface area contributed by atoms with Crippen LogP contribution in [0.25, 0.3) is 0 Å². The van der Waals surface area contributed by atoms with Crippen LogP contribution in [0, 0.1) is 12.7 Å². The second-order valence-electron chi connectivity index (χ2n) is 5.53. The molecule has 0 spiro atoms. The molecule has 1 aromatic heterocycles. The van der Waals surface area contributed by atoms with Crippen molar-refractivity contribution in [2.24, 2.45) is 0 Å². The van der Waals surface area contributed by atoms with Gasteiger partial charge in [0.1, 0.15) is 5.82 Å². The van der Waals surface area contributed by atoms with Crippen LogP contribution < -0.4 is 10.6 Å². The molecule has 0 atom stereocenters. The first kappa shape index (κ1) is 18.8. The molecule has 1 aliphatic heterocycles. The Kier molecular flexibility index (Phi) is 6.31. The van der Waals surface area contributed by atoms with E-state index in [1.807, 2.05) is 11.6 Å². The van der Waals surface area contributed by atoms with Crippen molar-refractivity contribution < 1.29 is 9.18 Å². The minimum absolute atomic E-state index is 0. The fraction of sp³-hybridized carbons (Fsp3) is 0.400. The predicted octanol–water partition coefficient (Wildman–Crippen LogP) is 3.09. The molecule has 0 bridgehead atoms. The molecule has 0 radical (unpaired) electrons. The van der Waals surface area contributed by atoms with E-state index >= 15 is 0 Å². The van der Waals surface area contributed by atoms with Crippen molar-refractivity contribution in [1.29, 1.82) is 0 Å². The summed E-state index contributed by atoms with van der Waals surface area (Å²) in [5, 5.41) is 14.2. The summed E-state index contributed by atoms with van der Waals surface area (Å²) in [4.78, 5) is 12.4. The van der Waals surface area contributed by atoms with Crippen molar-refractivity contribution in [1.82, 2.24) is 20.3 Å². The Morgan fingerprint density at radius 2 is 2.12 bits per heavy atom. The maximum absolute atomic E-state index is 13.2. The SMILES string of the molecule is Cc1c(C(=O)Nc2ccc(F)c(Br)c2)nnn1C1CCNCC1.Cl. The maximum Gasteiger partial charge on any atom is 0.278 e. The van der Waals surface area contributed by atoms with Gasteiger partial charge in [-0.25, -0.2) is 9.07 Å². The number of nitrogens with one attached hydrogen (secondary N) is 2. The van der Waals surface area contributed by atoms with Crippen LogP contribution in [0.4, 0.5) is 10.1 Å². The number of aromatic nitrogens is 3. The number of carbonyl (C=O) groups is 1. The van der Waals surface area contributed by atoms with Crippen LogP contribution >= 0.6 is 28.3 Å². The van der Waals surface area contributed by atoms with Crippen LogP contribution in [-0.4, -0.2) is 34.0 Å². The second kappa shape index (κ2) is 8.04. The van der Waals surface area contributed by atoms with Crippen molar-refractivity contribution >= 4 is 39.9 Å². The number of nitrogens with zero attached hydrogens (tertiary/aromatic N) is 3. The van der Waals surface area contributed by atoms with Gasteiger partial charge >= 0.3 is 0 Å². The average molecular weight is 419 g/mol. The zero-order chi connectivity index (χ0) is 16.4. The number of piperidine rings is 1. The highest BCUT2D eigenvalue weighted by atomic mass is 79.9. The third-order valence-electron chi connectivity index (χ3n) is 3.97. The van der Waals surface area contributed by atoms with Crippen molar-refractivity contribution in [3.63, 3.8) is 0 Å². The molecule has 1 amide bonds. The van der Waals surface area contributed by atoms with Gasteiger partial charge in [-0.15, -0.1) is 17.5 Å². The molecule has 130 valence electrons. The zero-order valence-electron chi connectivity index (χ0n) is 13.1. The molecule has 1 saturated heterocycles. The van der Waals surface area contributed by atoms with Crippen LogP contribution in [0.5, 0.6) is 0 Å². The van der Waals surface area contributed by atoms with Gasteiger partial charge in [0.15, 0.2) is 5.69 Å². The first-order valence-electron chi connectivity index (χ1n) is 7.45. The molecule has 2 heterocycles. The normalized spacial score (nSPS) is 15.0. The molecule has 3 rings (SSSR count). The van der Waals surface area contributed by atoms with E-state index in [0.29, 0.717) is 15.9 Å². The lowest BCUT2D eigenvalue weighted by Gasteiger charge is -2.23. The van der Waals surface area contributed by atoms with Crippen LogP contribution in [0.2, 0.25) is 0 Å². The molecule has 0 unspecified atom stereocenters. The van der Waals surface area contributed by atoms with E-state index in [1.54, 1.807) is 0 Å². The molecule has 6 nitrogen and oxygen atoms in total. The van der Waals surface area contributed by atoms with Crippen LogP contribution in [-0.2, 0) is 0 Å². The third kappa shape index (κ3) is 3.93. The van der Waals surface area contributed by atoms with Gasteiger partial charge in [-0.3, -0.25) is 4.79 Å². The van der Waals surface area contributed by atoms with Crippen molar-refractivity contribution in [2.45, 2.75) is 25.8 Å². The molecule has 1 fully saturated rings. The van der Waals surface area contributed by atoms with E-state index in [0.717, 1.165) is 31.6 Å².